The van der Waals surface area contributed by atoms with E-state index in [2.05, 4.69) is 10.3 Å². The van der Waals surface area contributed by atoms with Gasteiger partial charge in [0, 0.05) is 35.0 Å². The lowest BCUT2D eigenvalue weighted by atomic mass is 9.85. The quantitative estimate of drug-likeness (QED) is 0.586. The second-order valence-corrected chi connectivity index (χ2v) is 7.92. The molecule has 0 spiro atoms. The van der Waals surface area contributed by atoms with E-state index in [0.717, 1.165) is 5.56 Å². The molecule has 168 valence electrons. The molecule has 32 heavy (non-hydrogen) atoms. The minimum atomic E-state index is -0.863. The summed E-state index contributed by atoms with van der Waals surface area (Å²) in [6, 6.07) is 9.10. The van der Waals surface area contributed by atoms with Gasteiger partial charge in [-0.2, -0.15) is 0 Å². The minimum absolute atomic E-state index is 0.0479. The molecule has 1 aliphatic rings. The van der Waals surface area contributed by atoms with Gasteiger partial charge in [-0.3, -0.25) is 9.78 Å². The molecule has 6 nitrogen and oxygen atoms in total. The van der Waals surface area contributed by atoms with Gasteiger partial charge in [-0.1, -0.05) is 18.2 Å². The van der Waals surface area contributed by atoms with Crippen molar-refractivity contribution >= 4 is 5.91 Å². The highest BCUT2D eigenvalue weighted by Crippen LogP contribution is 2.52. The molecule has 0 radical (unpaired) electrons. The number of nitrogens with zero attached hydrogens (tertiary/aromatic N) is 2. The van der Waals surface area contributed by atoms with E-state index in [9.17, 15) is 13.6 Å². The SMILES string of the molecule is COc1ccccc1-c1c2c(n(CCF)c1C(=O)NCCF)-c1ccncc1OC2(C)C. The highest BCUT2D eigenvalue weighted by atomic mass is 19.1. The van der Waals surface area contributed by atoms with Gasteiger partial charge in [0.2, 0.25) is 0 Å². The molecule has 0 saturated heterocycles. The Balaban J connectivity index is 2.14. The normalized spacial score (nSPS) is 13.7. The first-order valence-corrected chi connectivity index (χ1v) is 10.4. The third-order valence-electron chi connectivity index (χ3n) is 5.55. The van der Waals surface area contributed by atoms with Crippen molar-refractivity contribution < 1.29 is 23.0 Å². The molecule has 1 amide bonds. The van der Waals surface area contributed by atoms with Crippen molar-refractivity contribution in [3.63, 3.8) is 0 Å². The smallest absolute Gasteiger partial charge is 0.268 e. The number of hydrogen-bond acceptors (Lipinski definition) is 4. The molecule has 0 fully saturated rings. The van der Waals surface area contributed by atoms with E-state index < -0.39 is 24.9 Å². The van der Waals surface area contributed by atoms with E-state index in [-0.39, 0.29) is 18.8 Å². The molecular formula is C24H25F2N3O3. The molecule has 3 heterocycles. The number of para-hydroxylation sites is 1. The molecule has 0 unspecified atom stereocenters. The molecule has 0 atom stereocenters. The van der Waals surface area contributed by atoms with E-state index in [1.165, 1.54) is 0 Å². The summed E-state index contributed by atoms with van der Waals surface area (Å²) in [5, 5.41) is 2.60. The standard InChI is InChI=1S/C24H25F2N3O3/c1-24(2)20-19(15-6-4-5-7-17(15)31-3)22(23(30)28-12-9-25)29(13-10-26)21(20)16-8-11-27-14-18(16)32-24/h4-8,11,14H,9-10,12-13H2,1-3H3,(H,28,30). The van der Waals surface area contributed by atoms with E-state index in [4.69, 9.17) is 9.47 Å². The average molecular weight is 441 g/mol. The van der Waals surface area contributed by atoms with Crippen LogP contribution in [0.3, 0.4) is 0 Å². The molecule has 0 bridgehead atoms. The van der Waals surface area contributed by atoms with Crippen LogP contribution in [-0.2, 0) is 12.1 Å². The van der Waals surface area contributed by atoms with E-state index in [0.29, 0.717) is 33.9 Å². The predicted molar refractivity (Wildman–Crippen MR) is 118 cm³/mol. The van der Waals surface area contributed by atoms with Crippen LogP contribution in [0.1, 0.15) is 29.9 Å². The van der Waals surface area contributed by atoms with Crippen LogP contribution < -0.4 is 14.8 Å². The van der Waals surface area contributed by atoms with Crippen LogP contribution in [0.15, 0.2) is 42.7 Å². The number of carbonyl (C=O) groups is 1. The molecule has 1 N–H and O–H groups in total. The van der Waals surface area contributed by atoms with Gasteiger partial charge in [0.1, 0.15) is 36.1 Å². The summed E-state index contributed by atoms with van der Waals surface area (Å²) in [6.45, 7) is 2.21. The molecule has 4 rings (SSSR count). The third-order valence-corrected chi connectivity index (χ3v) is 5.55. The Labute approximate surface area is 185 Å². The second-order valence-electron chi connectivity index (χ2n) is 7.92. The van der Waals surface area contributed by atoms with Gasteiger partial charge >= 0.3 is 0 Å². The highest BCUT2D eigenvalue weighted by Gasteiger charge is 2.42. The number of pyridine rings is 1. The van der Waals surface area contributed by atoms with Crippen molar-refractivity contribution in [3.05, 3.63) is 54.0 Å². The maximum absolute atomic E-state index is 13.8. The number of amides is 1. The van der Waals surface area contributed by atoms with Crippen LogP contribution in [-0.4, -0.2) is 42.5 Å². The maximum Gasteiger partial charge on any atom is 0.268 e. The van der Waals surface area contributed by atoms with Gasteiger partial charge in [-0.05, 0) is 26.0 Å². The monoisotopic (exact) mass is 441 g/mol. The first-order chi connectivity index (χ1) is 15.4. The number of nitrogens with one attached hydrogen (secondary N) is 1. The molecule has 1 aliphatic heterocycles. The Bertz CT molecular complexity index is 1160. The third kappa shape index (κ3) is 3.49. The zero-order chi connectivity index (χ0) is 22.9. The molecule has 1 aromatic carbocycles. The van der Waals surface area contributed by atoms with Crippen LogP contribution in [0.25, 0.3) is 22.4 Å². The van der Waals surface area contributed by atoms with Crippen molar-refractivity contribution in [2.24, 2.45) is 0 Å². The van der Waals surface area contributed by atoms with Crippen LogP contribution in [0, 0.1) is 0 Å². The molecule has 0 saturated carbocycles. The van der Waals surface area contributed by atoms with Crippen LogP contribution in [0.2, 0.25) is 0 Å². The number of methoxy groups -OCH3 is 1. The van der Waals surface area contributed by atoms with Crippen molar-refractivity contribution in [3.8, 4) is 33.9 Å². The lowest BCUT2D eigenvalue weighted by Crippen LogP contribution is -2.30. The van der Waals surface area contributed by atoms with Crippen molar-refractivity contribution in [2.45, 2.75) is 26.0 Å². The van der Waals surface area contributed by atoms with Crippen LogP contribution in [0.4, 0.5) is 8.78 Å². The number of carbonyl (C=O) groups excluding carboxylic acids is 1. The van der Waals surface area contributed by atoms with E-state index in [1.807, 2.05) is 32.0 Å². The fraction of sp³-hybridized carbons (Fsp3) is 0.333. The average Bonchev–Trinajstić information content (AvgIpc) is 3.13. The first-order valence-electron chi connectivity index (χ1n) is 10.4. The first kappa shape index (κ1) is 21.8. The molecule has 2 aromatic heterocycles. The van der Waals surface area contributed by atoms with Gasteiger partial charge in [-0.25, -0.2) is 8.78 Å². The largest absolute Gasteiger partial charge is 0.496 e. The lowest BCUT2D eigenvalue weighted by molar-refractivity contribution is 0.0942. The number of aromatic nitrogens is 2. The van der Waals surface area contributed by atoms with Gasteiger partial charge in [0.05, 0.1) is 25.5 Å². The Kier molecular flexibility index (Phi) is 5.86. The number of halogens is 2. The van der Waals surface area contributed by atoms with Crippen molar-refractivity contribution in [1.82, 2.24) is 14.9 Å². The van der Waals surface area contributed by atoms with Crippen LogP contribution in [0.5, 0.6) is 11.5 Å². The van der Waals surface area contributed by atoms with Gasteiger partial charge in [0.25, 0.3) is 5.91 Å². The predicted octanol–water partition coefficient (Wildman–Crippen LogP) is 4.52. The van der Waals surface area contributed by atoms with Crippen molar-refractivity contribution in [1.29, 1.82) is 0 Å². The number of rotatable bonds is 7. The zero-order valence-corrected chi connectivity index (χ0v) is 18.2. The lowest BCUT2D eigenvalue weighted by Gasteiger charge is -2.34. The Morgan fingerprint density at radius 1 is 1.19 bits per heavy atom. The molecule has 3 aromatic rings. The van der Waals surface area contributed by atoms with Crippen LogP contribution >= 0.6 is 0 Å². The van der Waals surface area contributed by atoms with Gasteiger partial charge < -0.3 is 19.4 Å². The summed E-state index contributed by atoms with van der Waals surface area (Å²) in [7, 11) is 1.55. The Morgan fingerprint density at radius 2 is 1.97 bits per heavy atom. The van der Waals surface area contributed by atoms with Gasteiger partial charge in [0.15, 0.2) is 0 Å². The number of ether oxygens (including phenoxy) is 2. The summed E-state index contributed by atoms with van der Waals surface area (Å²) < 4.78 is 40.2. The number of benzene rings is 1. The van der Waals surface area contributed by atoms with E-state index in [1.54, 1.807) is 36.2 Å². The fourth-order valence-electron chi connectivity index (χ4n) is 4.37. The Hall–Kier alpha value is -3.42. The molecular weight excluding hydrogens is 416 g/mol. The molecule has 8 heteroatoms. The fourth-order valence-corrected chi connectivity index (χ4v) is 4.37. The number of fused-ring (bicyclic) bond motifs is 3. The topological polar surface area (TPSA) is 65.4 Å². The maximum atomic E-state index is 13.8. The zero-order valence-electron chi connectivity index (χ0n) is 18.2. The van der Waals surface area contributed by atoms with Gasteiger partial charge in [-0.15, -0.1) is 0 Å². The summed E-state index contributed by atoms with van der Waals surface area (Å²) in [5.41, 5.74) is 2.76. The van der Waals surface area contributed by atoms with Crippen molar-refractivity contribution in [2.75, 3.05) is 27.0 Å². The summed E-state index contributed by atoms with van der Waals surface area (Å²) in [4.78, 5) is 17.5. The number of alkyl halides is 2. The Morgan fingerprint density at radius 3 is 2.69 bits per heavy atom. The highest BCUT2D eigenvalue weighted by molar-refractivity contribution is 6.04. The number of hydrogen-bond donors (Lipinski definition) is 1. The minimum Gasteiger partial charge on any atom is -0.496 e. The summed E-state index contributed by atoms with van der Waals surface area (Å²) >= 11 is 0. The second kappa shape index (κ2) is 8.61. The summed E-state index contributed by atoms with van der Waals surface area (Å²) in [5.74, 6) is 0.617. The van der Waals surface area contributed by atoms with E-state index >= 15 is 0 Å². The summed E-state index contributed by atoms with van der Waals surface area (Å²) in [6.07, 6.45) is 3.24. The molecule has 0 aliphatic carbocycles.